The summed E-state index contributed by atoms with van der Waals surface area (Å²) >= 11 is 1.13. The second-order valence-electron chi connectivity index (χ2n) is 4.15. The van der Waals surface area contributed by atoms with Crippen LogP contribution in [0.5, 0.6) is 11.5 Å². The third-order valence-corrected chi connectivity index (χ3v) is 5.64. The lowest BCUT2D eigenvalue weighted by Crippen LogP contribution is -2.11. The van der Waals surface area contributed by atoms with Crippen LogP contribution in [0, 0.1) is 0 Å². The average Bonchev–Trinajstić information content (AvgIpc) is 2.96. The van der Waals surface area contributed by atoms with Crippen LogP contribution in [-0.4, -0.2) is 22.6 Å². The summed E-state index contributed by atoms with van der Waals surface area (Å²) in [6.45, 7) is 0.308. The van der Waals surface area contributed by atoms with Crippen LogP contribution in [0.2, 0.25) is 0 Å². The molecule has 1 aromatic carbocycles. The number of hydrogen-bond donors (Lipinski definition) is 2. The Labute approximate surface area is 127 Å². The summed E-state index contributed by atoms with van der Waals surface area (Å²) < 4.78 is 37.5. The summed E-state index contributed by atoms with van der Waals surface area (Å²) in [5.41, 5.74) is 6.67. The van der Waals surface area contributed by atoms with E-state index < -0.39 is 10.0 Å². The third-order valence-electron chi connectivity index (χ3n) is 2.77. The molecule has 1 aromatic heterocycles. The second kappa shape index (κ2) is 6.33. The molecule has 1 heterocycles. The minimum Gasteiger partial charge on any atom is -0.493 e. The van der Waals surface area contributed by atoms with Crippen molar-refractivity contribution in [3.63, 3.8) is 0 Å². The molecule has 0 unspecified atom stereocenters. The number of sulfonamides is 1. The number of benzene rings is 1. The number of anilines is 1. The van der Waals surface area contributed by atoms with Gasteiger partial charge in [0, 0.05) is 12.6 Å². The largest absolute Gasteiger partial charge is 0.493 e. The van der Waals surface area contributed by atoms with Crippen LogP contribution in [0.3, 0.4) is 0 Å². The van der Waals surface area contributed by atoms with Crippen molar-refractivity contribution in [2.24, 2.45) is 5.73 Å². The predicted octanol–water partition coefficient (Wildman–Crippen LogP) is 2.02. The standard InChI is InChI=1S/C13H16N2O4S2/c1-18-11-4-3-10(6-12(11)19-2)15-21(16,17)13-5-9(7-14)8-20-13/h3-6,8,15H,7,14H2,1-2H3. The maximum absolute atomic E-state index is 12.3. The molecule has 0 fully saturated rings. The molecule has 8 heteroatoms. The first-order valence-corrected chi connectivity index (χ1v) is 8.38. The van der Waals surface area contributed by atoms with Crippen molar-refractivity contribution < 1.29 is 17.9 Å². The van der Waals surface area contributed by atoms with Gasteiger partial charge in [0.15, 0.2) is 11.5 Å². The SMILES string of the molecule is COc1ccc(NS(=O)(=O)c2cc(CN)cs2)cc1OC. The Morgan fingerprint density at radius 3 is 2.48 bits per heavy atom. The molecule has 0 spiro atoms. The Morgan fingerprint density at radius 2 is 1.90 bits per heavy atom. The lowest BCUT2D eigenvalue weighted by molar-refractivity contribution is 0.355. The molecule has 0 amide bonds. The quantitative estimate of drug-likeness (QED) is 0.846. The molecular formula is C13H16N2O4S2. The molecule has 0 atom stereocenters. The molecule has 0 aliphatic heterocycles. The normalized spacial score (nSPS) is 11.2. The predicted molar refractivity (Wildman–Crippen MR) is 82.6 cm³/mol. The smallest absolute Gasteiger partial charge is 0.271 e. The minimum atomic E-state index is -3.63. The van der Waals surface area contributed by atoms with Crippen LogP contribution in [0.25, 0.3) is 0 Å². The van der Waals surface area contributed by atoms with Crippen LogP contribution in [-0.2, 0) is 16.6 Å². The topological polar surface area (TPSA) is 90.7 Å². The van der Waals surface area contributed by atoms with Crippen LogP contribution in [0.15, 0.2) is 33.9 Å². The van der Waals surface area contributed by atoms with Gasteiger partial charge in [0.25, 0.3) is 10.0 Å². The molecule has 0 bridgehead atoms. The first-order chi connectivity index (χ1) is 10.00. The van der Waals surface area contributed by atoms with E-state index in [0.29, 0.717) is 23.7 Å². The highest BCUT2D eigenvalue weighted by Crippen LogP contribution is 2.31. The Hall–Kier alpha value is -1.77. The van der Waals surface area contributed by atoms with Crippen molar-refractivity contribution in [3.8, 4) is 11.5 Å². The van der Waals surface area contributed by atoms with Gasteiger partial charge < -0.3 is 15.2 Å². The van der Waals surface area contributed by atoms with Gasteiger partial charge in [0.1, 0.15) is 4.21 Å². The molecule has 0 aliphatic carbocycles. The van der Waals surface area contributed by atoms with Gasteiger partial charge in [-0.1, -0.05) is 0 Å². The molecule has 0 saturated heterocycles. The van der Waals surface area contributed by atoms with Crippen molar-refractivity contribution in [2.45, 2.75) is 10.8 Å². The molecular weight excluding hydrogens is 312 g/mol. The highest BCUT2D eigenvalue weighted by Gasteiger charge is 2.17. The Morgan fingerprint density at radius 1 is 1.19 bits per heavy atom. The van der Waals surface area contributed by atoms with E-state index in [2.05, 4.69) is 4.72 Å². The maximum Gasteiger partial charge on any atom is 0.271 e. The number of thiophene rings is 1. The van der Waals surface area contributed by atoms with Gasteiger partial charge in [-0.3, -0.25) is 4.72 Å². The highest BCUT2D eigenvalue weighted by atomic mass is 32.2. The van der Waals surface area contributed by atoms with Gasteiger partial charge in [0.05, 0.1) is 19.9 Å². The van der Waals surface area contributed by atoms with Crippen molar-refractivity contribution in [1.82, 2.24) is 0 Å². The monoisotopic (exact) mass is 328 g/mol. The van der Waals surface area contributed by atoms with Crippen molar-refractivity contribution >= 4 is 27.0 Å². The van der Waals surface area contributed by atoms with E-state index in [4.69, 9.17) is 15.2 Å². The van der Waals surface area contributed by atoms with Crippen LogP contribution in [0.1, 0.15) is 5.56 Å². The molecule has 2 rings (SSSR count). The molecule has 21 heavy (non-hydrogen) atoms. The fourth-order valence-corrected chi connectivity index (χ4v) is 3.98. The number of nitrogens with two attached hydrogens (primary N) is 1. The molecule has 6 nitrogen and oxygen atoms in total. The molecule has 0 saturated carbocycles. The van der Waals surface area contributed by atoms with E-state index in [0.717, 1.165) is 16.9 Å². The number of methoxy groups -OCH3 is 2. The molecule has 0 radical (unpaired) electrons. The summed E-state index contributed by atoms with van der Waals surface area (Å²) in [7, 11) is -0.626. The first-order valence-electron chi connectivity index (χ1n) is 6.02. The zero-order valence-corrected chi connectivity index (χ0v) is 13.3. The minimum absolute atomic E-state index is 0.220. The van der Waals surface area contributed by atoms with Gasteiger partial charge in [-0.05, 0) is 29.1 Å². The van der Waals surface area contributed by atoms with E-state index in [1.54, 1.807) is 29.6 Å². The fourth-order valence-electron chi connectivity index (χ4n) is 1.71. The molecule has 114 valence electrons. The van der Waals surface area contributed by atoms with Gasteiger partial charge in [-0.25, -0.2) is 8.42 Å². The lowest BCUT2D eigenvalue weighted by Gasteiger charge is -2.11. The molecule has 0 aliphatic rings. The van der Waals surface area contributed by atoms with Gasteiger partial charge in [0.2, 0.25) is 0 Å². The Balaban J connectivity index is 2.28. The van der Waals surface area contributed by atoms with Crippen molar-refractivity contribution in [3.05, 3.63) is 35.2 Å². The number of rotatable bonds is 6. The number of ether oxygens (including phenoxy) is 2. The van der Waals surface area contributed by atoms with Gasteiger partial charge in [-0.2, -0.15) is 0 Å². The summed E-state index contributed by atoms with van der Waals surface area (Å²) in [6, 6.07) is 6.37. The van der Waals surface area contributed by atoms with Gasteiger partial charge >= 0.3 is 0 Å². The average molecular weight is 328 g/mol. The van der Waals surface area contributed by atoms with Crippen LogP contribution < -0.4 is 19.9 Å². The van der Waals surface area contributed by atoms with E-state index in [9.17, 15) is 8.42 Å². The zero-order valence-electron chi connectivity index (χ0n) is 11.6. The Kier molecular flexibility index (Phi) is 4.71. The van der Waals surface area contributed by atoms with Crippen LogP contribution in [0.4, 0.5) is 5.69 Å². The van der Waals surface area contributed by atoms with Crippen LogP contribution >= 0.6 is 11.3 Å². The zero-order chi connectivity index (χ0) is 15.5. The number of nitrogens with one attached hydrogen (secondary N) is 1. The summed E-state index contributed by atoms with van der Waals surface area (Å²) in [5, 5.41) is 1.73. The Bertz CT molecular complexity index is 726. The maximum atomic E-state index is 12.3. The highest BCUT2D eigenvalue weighted by molar-refractivity contribution is 7.94. The van der Waals surface area contributed by atoms with E-state index in [1.165, 1.54) is 14.2 Å². The molecule has 2 aromatic rings. The van der Waals surface area contributed by atoms with E-state index >= 15 is 0 Å². The van der Waals surface area contributed by atoms with Gasteiger partial charge in [-0.15, -0.1) is 11.3 Å². The fraction of sp³-hybridized carbons (Fsp3) is 0.231. The van der Waals surface area contributed by atoms with Crippen molar-refractivity contribution in [2.75, 3.05) is 18.9 Å². The van der Waals surface area contributed by atoms with E-state index in [1.807, 2.05) is 0 Å². The first kappa shape index (κ1) is 15.6. The third kappa shape index (κ3) is 3.46. The lowest BCUT2D eigenvalue weighted by atomic mass is 10.3. The number of hydrogen-bond acceptors (Lipinski definition) is 6. The summed E-state index contributed by atoms with van der Waals surface area (Å²) in [6.07, 6.45) is 0. The summed E-state index contributed by atoms with van der Waals surface area (Å²) in [4.78, 5) is 0. The van der Waals surface area contributed by atoms with E-state index in [-0.39, 0.29) is 4.21 Å². The molecule has 3 N–H and O–H groups in total. The van der Waals surface area contributed by atoms with Crippen molar-refractivity contribution in [1.29, 1.82) is 0 Å². The second-order valence-corrected chi connectivity index (χ2v) is 6.97. The summed E-state index contributed by atoms with van der Waals surface area (Å²) in [5.74, 6) is 0.980.